The van der Waals surface area contributed by atoms with E-state index < -0.39 is 0 Å². The molecule has 25 heavy (non-hydrogen) atoms. The first-order valence-corrected chi connectivity index (χ1v) is 9.03. The lowest BCUT2D eigenvalue weighted by Crippen LogP contribution is -2.49. The molecule has 1 unspecified atom stereocenters. The fourth-order valence-electron chi connectivity index (χ4n) is 3.18. The Hall–Kier alpha value is -2.08. The van der Waals surface area contributed by atoms with Crippen LogP contribution in [0.3, 0.4) is 0 Å². The van der Waals surface area contributed by atoms with Crippen molar-refractivity contribution in [2.75, 3.05) is 26.7 Å². The second kappa shape index (κ2) is 10.0. The second-order valence-electron chi connectivity index (χ2n) is 6.43. The third-order valence-corrected chi connectivity index (χ3v) is 4.64. The van der Waals surface area contributed by atoms with Crippen molar-refractivity contribution in [3.63, 3.8) is 0 Å². The van der Waals surface area contributed by atoms with Gasteiger partial charge in [-0.15, -0.1) is 0 Å². The van der Waals surface area contributed by atoms with E-state index in [1.165, 1.54) is 0 Å². The van der Waals surface area contributed by atoms with Crippen LogP contribution < -0.4 is 15.8 Å². The molecule has 1 aliphatic heterocycles. The molecule has 1 fully saturated rings. The van der Waals surface area contributed by atoms with E-state index in [0.29, 0.717) is 32.4 Å². The molecule has 0 radical (unpaired) electrons. The zero-order valence-electron chi connectivity index (χ0n) is 15.0. The summed E-state index contributed by atoms with van der Waals surface area (Å²) in [5.74, 6) is 0.937. The number of benzene rings is 1. The lowest BCUT2D eigenvalue weighted by molar-refractivity contribution is -0.135. The summed E-state index contributed by atoms with van der Waals surface area (Å²) in [5.41, 5.74) is 6.52. The number of hydrogen-bond donors (Lipinski definition) is 2. The Bertz CT molecular complexity index is 560. The third-order valence-electron chi connectivity index (χ3n) is 4.64. The molecule has 1 heterocycles. The first-order chi connectivity index (χ1) is 12.1. The summed E-state index contributed by atoms with van der Waals surface area (Å²) in [6, 6.07) is 7.91. The van der Waals surface area contributed by atoms with Crippen LogP contribution in [0.5, 0.6) is 5.75 Å². The number of amides is 2. The van der Waals surface area contributed by atoms with Gasteiger partial charge in [-0.3, -0.25) is 9.59 Å². The molecule has 1 atom stereocenters. The number of nitrogens with one attached hydrogen (secondary N) is 1. The molecule has 6 heteroatoms. The molecule has 1 aromatic carbocycles. The summed E-state index contributed by atoms with van der Waals surface area (Å²) >= 11 is 0. The van der Waals surface area contributed by atoms with Gasteiger partial charge in [0.1, 0.15) is 5.75 Å². The second-order valence-corrected chi connectivity index (χ2v) is 6.43. The van der Waals surface area contributed by atoms with Gasteiger partial charge in [-0.25, -0.2) is 0 Å². The van der Waals surface area contributed by atoms with E-state index in [1.807, 2.05) is 29.2 Å². The van der Waals surface area contributed by atoms with Crippen molar-refractivity contribution in [3.05, 3.63) is 29.8 Å². The topological polar surface area (TPSA) is 84.7 Å². The van der Waals surface area contributed by atoms with Crippen LogP contribution in [-0.2, 0) is 16.0 Å². The number of hydrogen-bond acceptors (Lipinski definition) is 4. The van der Waals surface area contributed by atoms with E-state index in [1.54, 1.807) is 7.11 Å². The van der Waals surface area contributed by atoms with Crippen molar-refractivity contribution in [2.45, 2.75) is 44.6 Å². The number of carbonyl (C=O) groups excluding carboxylic acids is 2. The molecular formula is C19H29N3O3. The number of carbonyl (C=O) groups is 2. The summed E-state index contributed by atoms with van der Waals surface area (Å²) in [6.07, 6.45) is 4.60. The van der Waals surface area contributed by atoms with Crippen LogP contribution in [0.4, 0.5) is 0 Å². The van der Waals surface area contributed by atoms with E-state index in [9.17, 15) is 9.59 Å². The van der Waals surface area contributed by atoms with Gasteiger partial charge in [-0.2, -0.15) is 0 Å². The Morgan fingerprint density at radius 3 is 2.68 bits per heavy atom. The molecule has 1 saturated heterocycles. The molecule has 1 aromatic rings. The number of ether oxygens (including phenoxy) is 1. The number of nitrogens with zero attached hydrogens (tertiary/aromatic N) is 1. The number of methoxy groups -OCH3 is 1. The van der Waals surface area contributed by atoms with Crippen LogP contribution in [0.15, 0.2) is 24.3 Å². The minimum Gasteiger partial charge on any atom is -0.497 e. The van der Waals surface area contributed by atoms with Gasteiger partial charge in [-0.05, 0) is 43.4 Å². The average Bonchev–Trinajstić information content (AvgIpc) is 2.65. The molecule has 138 valence electrons. The molecule has 0 bridgehead atoms. The van der Waals surface area contributed by atoms with E-state index in [2.05, 4.69) is 5.32 Å². The maximum absolute atomic E-state index is 12.6. The minimum absolute atomic E-state index is 0.0429. The first kappa shape index (κ1) is 19.2. The van der Waals surface area contributed by atoms with Crippen LogP contribution >= 0.6 is 0 Å². The number of rotatable bonds is 8. The minimum atomic E-state index is -0.0429. The van der Waals surface area contributed by atoms with E-state index >= 15 is 0 Å². The predicted molar refractivity (Wildman–Crippen MR) is 97.3 cm³/mol. The molecular weight excluding hydrogens is 318 g/mol. The fraction of sp³-hybridized carbons (Fsp3) is 0.579. The molecule has 6 nitrogen and oxygen atoms in total. The molecule has 0 spiro atoms. The van der Waals surface area contributed by atoms with Gasteiger partial charge < -0.3 is 20.7 Å². The van der Waals surface area contributed by atoms with Crippen LogP contribution in [0, 0.1) is 0 Å². The van der Waals surface area contributed by atoms with Crippen molar-refractivity contribution in [1.82, 2.24) is 10.2 Å². The molecule has 2 amide bonds. The summed E-state index contributed by atoms with van der Waals surface area (Å²) < 4.78 is 5.15. The average molecular weight is 347 g/mol. The van der Waals surface area contributed by atoms with E-state index in [-0.39, 0.29) is 17.9 Å². The van der Waals surface area contributed by atoms with Crippen LogP contribution in [0.2, 0.25) is 0 Å². The number of nitrogens with two attached hydrogens (primary N) is 1. The Balaban J connectivity index is 1.85. The SMILES string of the molecule is COc1ccc(CCC(=O)N2CCCCC2CNC(=O)CCN)cc1. The number of likely N-dealkylation sites (tertiary alicyclic amines) is 1. The van der Waals surface area contributed by atoms with Crippen molar-refractivity contribution >= 4 is 11.8 Å². The molecule has 3 N–H and O–H groups in total. The highest BCUT2D eigenvalue weighted by molar-refractivity contribution is 5.78. The van der Waals surface area contributed by atoms with Crippen molar-refractivity contribution in [3.8, 4) is 5.75 Å². The zero-order valence-corrected chi connectivity index (χ0v) is 15.0. The lowest BCUT2D eigenvalue weighted by Gasteiger charge is -2.36. The Morgan fingerprint density at radius 1 is 1.24 bits per heavy atom. The Kier molecular flexibility index (Phi) is 7.73. The fourth-order valence-corrected chi connectivity index (χ4v) is 3.18. The molecule has 2 rings (SSSR count). The summed E-state index contributed by atoms with van der Waals surface area (Å²) in [6.45, 7) is 1.65. The van der Waals surface area contributed by atoms with Crippen molar-refractivity contribution in [1.29, 1.82) is 0 Å². The van der Waals surface area contributed by atoms with Gasteiger partial charge in [0.05, 0.1) is 7.11 Å². The standard InChI is InChI=1S/C19H29N3O3/c1-25-17-8-5-15(6-9-17)7-10-19(24)22-13-3-2-4-16(22)14-21-18(23)11-12-20/h5-6,8-9,16H,2-4,7,10-14,20H2,1H3,(H,21,23). The van der Waals surface area contributed by atoms with Gasteiger partial charge >= 0.3 is 0 Å². The molecule has 0 saturated carbocycles. The van der Waals surface area contributed by atoms with Gasteiger partial charge in [0.25, 0.3) is 0 Å². The van der Waals surface area contributed by atoms with Gasteiger partial charge in [0.15, 0.2) is 0 Å². The van der Waals surface area contributed by atoms with Crippen LogP contribution in [-0.4, -0.2) is 49.5 Å². The Labute approximate surface area is 149 Å². The summed E-state index contributed by atoms with van der Waals surface area (Å²) in [5, 5.41) is 2.90. The van der Waals surface area contributed by atoms with Crippen molar-refractivity contribution < 1.29 is 14.3 Å². The Morgan fingerprint density at radius 2 is 2.00 bits per heavy atom. The monoisotopic (exact) mass is 347 g/mol. The third kappa shape index (κ3) is 6.05. The van der Waals surface area contributed by atoms with Crippen LogP contribution in [0.25, 0.3) is 0 Å². The van der Waals surface area contributed by atoms with Gasteiger partial charge in [-0.1, -0.05) is 12.1 Å². The summed E-state index contributed by atoms with van der Waals surface area (Å²) in [4.78, 5) is 26.2. The maximum atomic E-state index is 12.6. The van der Waals surface area contributed by atoms with Crippen molar-refractivity contribution in [2.24, 2.45) is 5.73 Å². The lowest BCUT2D eigenvalue weighted by atomic mass is 10.0. The van der Waals surface area contributed by atoms with Gasteiger partial charge in [0.2, 0.25) is 11.8 Å². The number of piperidine rings is 1. The number of aryl methyl sites for hydroxylation is 1. The van der Waals surface area contributed by atoms with Crippen LogP contribution in [0.1, 0.15) is 37.7 Å². The van der Waals surface area contributed by atoms with E-state index in [4.69, 9.17) is 10.5 Å². The largest absolute Gasteiger partial charge is 0.497 e. The highest BCUT2D eigenvalue weighted by atomic mass is 16.5. The molecule has 1 aliphatic rings. The summed E-state index contributed by atoms with van der Waals surface area (Å²) in [7, 11) is 1.64. The zero-order chi connectivity index (χ0) is 18.1. The smallest absolute Gasteiger partial charge is 0.223 e. The molecule has 0 aliphatic carbocycles. The highest BCUT2D eigenvalue weighted by Gasteiger charge is 2.26. The van der Waals surface area contributed by atoms with Gasteiger partial charge in [0, 0.05) is 38.5 Å². The normalized spacial score (nSPS) is 17.2. The molecule has 0 aromatic heterocycles. The van der Waals surface area contributed by atoms with E-state index in [0.717, 1.165) is 37.1 Å². The maximum Gasteiger partial charge on any atom is 0.223 e. The highest BCUT2D eigenvalue weighted by Crippen LogP contribution is 2.19. The predicted octanol–water partition coefficient (Wildman–Crippen LogP) is 1.47. The first-order valence-electron chi connectivity index (χ1n) is 9.03. The quantitative estimate of drug-likeness (QED) is 0.746.